The molecule has 6 heteroatoms. The summed E-state index contributed by atoms with van der Waals surface area (Å²) in [5.74, 6) is 0.197. The molecule has 4 rings (SSSR count). The molecule has 2 N–H and O–H groups in total. The second kappa shape index (κ2) is 9.69. The molecule has 0 unspecified atom stereocenters. The molecule has 0 saturated carbocycles. The van der Waals surface area contributed by atoms with Gasteiger partial charge in [-0.25, -0.2) is 0 Å². The first kappa shape index (κ1) is 21.6. The van der Waals surface area contributed by atoms with Crippen LogP contribution in [0.1, 0.15) is 56.2 Å². The van der Waals surface area contributed by atoms with Gasteiger partial charge in [0, 0.05) is 43.1 Å². The van der Waals surface area contributed by atoms with Crippen LogP contribution in [-0.2, 0) is 4.79 Å². The molecule has 2 heterocycles. The summed E-state index contributed by atoms with van der Waals surface area (Å²) < 4.78 is 0. The van der Waals surface area contributed by atoms with E-state index in [1.54, 1.807) is 0 Å². The first-order valence-corrected chi connectivity index (χ1v) is 11.8. The van der Waals surface area contributed by atoms with Crippen LogP contribution in [0, 0.1) is 6.92 Å². The van der Waals surface area contributed by atoms with E-state index in [-0.39, 0.29) is 11.9 Å². The third kappa shape index (κ3) is 5.18. The van der Waals surface area contributed by atoms with Crippen LogP contribution >= 0.6 is 12.2 Å². The van der Waals surface area contributed by atoms with Crippen LogP contribution in [0.2, 0.25) is 0 Å². The zero-order valence-corrected chi connectivity index (χ0v) is 19.3. The molecule has 164 valence electrons. The molecule has 1 amide bonds. The van der Waals surface area contributed by atoms with E-state index in [1.165, 1.54) is 30.5 Å². The third-order valence-electron chi connectivity index (χ3n) is 6.29. The van der Waals surface area contributed by atoms with Crippen LogP contribution < -0.4 is 20.4 Å². The highest BCUT2D eigenvalue weighted by molar-refractivity contribution is 7.80. The number of thiocarbonyl (C=S) groups is 1. The van der Waals surface area contributed by atoms with Gasteiger partial charge in [-0.1, -0.05) is 18.2 Å². The molecule has 2 aromatic rings. The highest BCUT2D eigenvalue weighted by Crippen LogP contribution is 2.28. The predicted molar refractivity (Wildman–Crippen MR) is 133 cm³/mol. The number of carbonyl (C=O) groups is 1. The Kier molecular flexibility index (Phi) is 6.76. The summed E-state index contributed by atoms with van der Waals surface area (Å²) in [5.41, 5.74) is 5.47. The molecule has 0 spiro atoms. The zero-order valence-electron chi connectivity index (χ0n) is 18.5. The van der Waals surface area contributed by atoms with Crippen molar-refractivity contribution >= 4 is 40.3 Å². The van der Waals surface area contributed by atoms with E-state index in [1.807, 2.05) is 30.0 Å². The molecule has 2 saturated heterocycles. The number of hydrogen-bond acceptors (Lipinski definition) is 3. The second-order valence-corrected chi connectivity index (χ2v) is 9.02. The third-order valence-corrected chi connectivity index (χ3v) is 6.51. The SMILES string of the molecule is Cc1ccc(NC(=S)N[C@@H](C)c2ccc(N3CCCCC3)cc2)cc1N1CCCC1=O. The quantitative estimate of drug-likeness (QED) is 0.634. The van der Waals surface area contributed by atoms with Gasteiger partial charge in [0.15, 0.2) is 5.11 Å². The summed E-state index contributed by atoms with van der Waals surface area (Å²) in [7, 11) is 0. The number of nitrogens with one attached hydrogen (secondary N) is 2. The summed E-state index contributed by atoms with van der Waals surface area (Å²) >= 11 is 5.56. The minimum absolute atomic E-state index is 0.0977. The number of carbonyl (C=O) groups excluding carboxylic acids is 1. The van der Waals surface area contributed by atoms with Crippen molar-refractivity contribution in [3.63, 3.8) is 0 Å². The number of hydrogen-bond donors (Lipinski definition) is 2. The van der Waals surface area contributed by atoms with Crippen LogP contribution in [-0.4, -0.2) is 30.7 Å². The van der Waals surface area contributed by atoms with Crippen molar-refractivity contribution in [2.45, 2.75) is 52.0 Å². The molecular weight excluding hydrogens is 404 g/mol. The lowest BCUT2D eigenvalue weighted by molar-refractivity contribution is -0.117. The lowest BCUT2D eigenvalue weighted by Crippen LogP contribution is -2.31. The molecule has 2 aliphatic rings. The van der Waals surface area contributed by atoms with Gasteiger partial charge in [0.05, 0.1) is 6.04 Å². The van der Waals surface area contributed by atoms with E-state index in [2.05, 4.69) is 46.7 Å². The zero-order chi connectivity index (χ0) is 21.8. The summed E-state index contributed by atoms with van der Waals surface area (Å²) in [6.07, 6.45) is 5.46. The summed E-state index contributed by atoms with van der Waals surface area (Å²) in [6.45, 7) is 7.26. The van der Waals surface area contributed by atoms with Gasteiger partial charge in [-0.3, -0.25) is 4.79 Å². The topological polar surface area (TPSA) is 47.6 Å². The van der Waals surface area contributed by atoms with E-state index in [9.17, 15) is 4.79 Å². The average Bonchev–Trinajstić information content (AvgIpc) is 3.21. The molecule has 0 radical (unpaired) electrons. The minimum atomic E-state index is 0.0977. The number of benzene rings is 2. The van der Waals surface area contributed by atoms with Crippen LogP contribution in [0.25, 0.3) is 0 Å². The monoisotopic (exact) mass is 436 g/mol. The number of rotatable bonds is 5. The fourth-order valence-electron chi connectivity index (χ4n) is 4.45. The van der Waals surface area contributed by atoms with Crippen molar-refractivity contribution in [2.75, 3.05) is 34.8 Å². The molecular formula is C25H32N4OS. The Bertz CT molecular complexity index is 937. The molecule has 0 aliphatic carbocycles. The smallest absolute Gasteiger partial charge is 0.227 e. The van der Waals surface area contributed by atoms with Gasteiger partial charge in [0.2, 0.25) is 5.91 Å². The van der Waals surface area contributed by atoms with Crippen molar-refractivity contribution in [3.05, 3.63) is 53.6 Å². The normalized spacial score (nSPS) is 17.5. The fourth-order valence-corrected chi connectivity index (χ4v) is 4.75. The van der Waals surface area contributed by atoms with Gasteiger partial charge in [0.25, 0.3) is 0 Å². The molecule has 2 aliphatic heterocycles. The molecule has 1 atom stereocenters. The Balaban J connectivity index is 1.36. The van der Waals surface area contributed by atoms with E-state index in [4.69, 9.17) is 12.2 Å². The lowest BCUT2D eigenvalue weighted by atomic mass is 10.1. The lowest BCUT2D eigenvalue weighted by Gasteiger charge is -2.29. The highest BCUT2D eigenvalue weighted by atomic mass is 32.1. The molecule has 5 nitrogen and oxygen atoms in total. The number of nitrogens with zero attached hydrogens (tertiary/aromatic N) is 2. The maximum Gasteiger partial charge on any atom is 0.227 e. The maximum atomic E-state index is 12.2. The van der Waals surface area contributed by atoms with Crippen molar-refractivity contribution < 1.29 is 4.79 Å². The summed E-state index contributed by atoms with van der Waals surface area (Å²) in [4.78, 5) is 16.5. The van der Waals surface area contributed by atoms with Crippen molar-refractivity contribution in [1.29, 1.82) is 0 Å². The second-order valence-electron chi connectivity index (χ2n) is 8.61. The molecule has 2 fully saturated rings. The van der Waals surface area contributed by atoms with Gasteiger partial charge < -0.3 is 20.4 Å². The van der Waals surface area contributed by atoms with Gasteiger partial charge >= 0.3 is 0 Å². The van der Waals surface area contributed by atoms with Crippen molar-refractivity contribution in [3.8, 4) is 0 Å². The van der Waals surface area contributed by atoms with Crippen molar-refractivity contribution in [1.82, 2.24) is 5.32 Å². The summed E-state index contributed by atoms with van der Waals surface area (Å²) in [6, 6.07) is 15.0. The average molecular weight is 437 g/mol. The van der Waals surface area contributed by atoms with E-state index in [0.717, 1.165) is 43.0 Å². The number of aryl methyl sites for hydroxylation is 1. The largest absolute Gasteiger partial charge is 0.372 e. The first-order chi connectivity index (χ1) is 15.0. The minimum Gasteiger partial charge on any atom is -0.372 e. The fraction of sp³-hybridized carbons (Fsp3) is 0.440. The number of piperidine rings is 1. The van der Waals surface area contributed by atoms with Crippen LogP contribution in [0.15, 0.2) is 42.5 Å². The Hall–Kier alpha value is -2.60. The van der Waals surface area contributed by atoms with Gasteiger partial charge in [-0.05, 0) is 87.1 Å². The molecule has 0 bridgehead atoms. The molecule has 31 heavy (non-hydrogen) atoms. The van der Waals surface area contributed by atoms with E-state index >= 15 is 0 Å². The van der Waals surface area contributed by atoms with Gasteiger partial charge in [0.1, 0.15) is 0 Å². The number of amides is 1. The van der Waals surface area contributed by atoms with Gasteiger partial charge in [-0.15, -0.1) is 0 Å². The predicted octanol–water partition coefficient (Wildman–Crippen LogP) is 5.16. The van der Waals surface area contributed by atoms with Crippen LogP contribution in [0.3, 0.4) is 0 Å². The Labute approximate surface area is 190 Å². The maximum absolute atomic E-state index is 12.2. The highest BCUT2D eigenvalue weighted by Gasteiger charge is 2.23. The standard InChI is InChI=1S/C25H32N4OS/c1-18-8-11-21(17-23(18)29-16-6-7-24(29)30)27-25(31)26-19(2)20-9-12-22(13-10-20)28-14-4-3-5-15-28/h8-13,17,19H,3-7,14-16H2,1-2H3,(H2,26,27,31)/t19-/m0/s1. The Morgan fingerprint density at radius 1 is 1.00 bits per heavy atom. The van der Waals surface area contributed by atoms with E-state index in [0.29, 0.717) is 11.5 Å². The molecule has 0 aromatic heterocycles. The van der Waals surface area contributed by atoms with Crippen molar-refractivity contribution in [2.24, 2.45) is 0 Å². The van der Waals surface area contributed by atoms with Gasteiger partial charge in [-0.2, -0.15) is 0 Å². The number of anilines is 3. The summed E-state index contributed by atoms with van der Waals surface area (Å²) in [5, 5.41) is 7.25. The Morgan fingerprint density at radius 3 is 2.42 bits per heavy atom. The Morgan fingerprint density at radius 2 is 1.74 bits per heavy atom. The van der Waals surface area contributed by atoms with Crippen LogP contribution in [0.4, 0.5) is 17.1 Å². The molecule has 2 aromatic carbocycles. The van der Waals surface area contributed by atoms with Crippen LogP contribution in [0.5, 0.6) is 0 Å². The first-order valence-electron chi connectivity index (χ1n) is 11.3. The van der Waals surface area contributed by atoms with E-state index < -0.39 is 0 Å².